The SMILES string of the molecule is CC(CCN)c1cc(F)c(Br)c(Cl)c1. The van der Waals surface area contributed by atoms with Gasteiger partial charge in [-0.05, 0) is 52.5 Å². The van der Waals surface area contributed by atoms with E-state index in [-0.39, 0.29) is 11.7 Å². The lowest BCUT2D eigenvalue weighted by atomic mass is 9.98. The van der Waals surface area contributed by atoms with Crippen LogP contribution in [-0.4, -0.2) is 6.54 Å². The third kappa shape index (κ3) is 2.69. The Hall–Kier alpha value is -0.120. The van der Waals surface area contributed by atoms with Gasteiger partial charge in [0, 0.05) is 0 Å². The molecule has 1 rings (SSSR count). The van der Waals surface area contributed by atoms with Crippen LogP contribution in [0, 0.1) is 5.82 Å². The van der Waals surface area contributed by atoms with E-state index < -0.39 is 0 Å². The monoisotopic (exact) mass is 279 g/mol. The Kier molecular flexibility index (Phi) is 4.35. The average Bonchev–Trinajstić information content (AvgIpc) is 2.13. The van der Waals surface area contributed by atoms with Crippen LogP contribution in [0.5, 0.6) is 0 Å². The second-order valence-electron chi connectivity index (χ2n) is 3.28. The molecule has 0 heterocycles. The molecule has 0 spiro atoms. The highest BCUT2D eigenvalue weighted by Gasteiger charge is 2.11. The Balaban J connectivity index is 3.00. The molecule has 0 aliphatic rings. The van der Waals surface area contributed by atoms with Crippen molar-refractivity contribution in [3.8, 4) is 0 Å². The fourth-order valence-corrected chi connectivity index (χ4v) is 1.72. The summed E-state index contributed by atoms with van der Waals surface area (Å²) in [5.41, 5.74) is 6.33. The van der Waals surface area contributed by atoms with Crippen molar-refractivity contribution in [2.45, 2.75) is 19.3 Å². The second-order valence-corrected chi connectivity index (χ2v) is 4.48. The summed E-state index contributed by atoms with van der Waals surface area (Å²) in [4.78, 5) is 0. The summed E-state index contributed by atoms with van der Waals surface area (Å²) in [6.07, 6.45) is 0.831. The van der Waals surface area contributed by atoms with Gasteiger partial charge in [0.15, 0.2) is 0 Å². The van der Waals surface area contributed by atoms with E-state index in [1.54, 1.807) is 6.07 Å². The van der Waals surface area contributed by atoms with Crippen molar-refractivity contribution in [1.29, 1.82) is 0 Å². The van der Waals surface area contributed by atoms with Crippen LogP contribution < -0.4 is 5.73 Å². The number of nitrogens with two attached hydrogens (primary N) is 1. The first-order valence-corrected chi connectivity index (χ1v) is 5.58. The Morgan fingerprint density at radius 3 is 2.71 bits per heavy atom. The minimum absolute atomic E-state index is 0.236. The molecule has 0 radical (unpaired) electrons. The van der Waals surface area contributed by atoms with Crippen LogP contribution in [-0.2, 0) is 0 Å². The van der Waals surface area contributed by atoms with Gasteiger partial charge in [0.25, 0.3) is 0 Å². The lowest BCUT2D eigenvalue weighted by Crippen LogP contribution is -2.05. The smallest absolute Gasteiger partial charge is 0.139 e. The Labute approximate surface area is 96.6 Å². The number of hydrogen-bond acceptors (Lipinski definition) is 1. The molecule has 1 aromatic rings. The van der Waals surface area contributed by atoms with Crippen LogP contribution in [0.25, 0.3) is 0 Å². The van der Waals surface area contributed by atoms with Gasteiger partial charge in [-0.15, -0.1) is 0 Å². The van der Waals surface area contributed by atoms with Gasteiger partial charge in [0.05, 0.1) is 9.50 Å². The fourth-order valence-electron chi connectivity index (χ4n) is 1.28. The van der Waals surface area contributed by atoms with E-state index >= 15 is 0 Å². The molecular weight excluding hydrogens is 268 g/mol. The normalized spacial score (nSPS) is 12.9. The molecule has 1 nitrogen and oxygen atoms in total. The Bertz CT molecular complexity index is 307. The maximum absolute atomic E-state index is 13.3. The van der Waals surface area contributed by atoms with Crippen molar-refractivity contribution in [3.63, 3.8) is 0 Å². The molecule has 0 bridgehead atoms. The van der Waals surface area contributed by atoms with Crippen LogP contribution in [0.3, 0.4) is 0 Å². The van der Waals surface area contributed by atoms with Crippen molar-refractivity contribution in [2.24, 2.45) is 5.73 Å². The van der Waals surface area contributed by atoms with E-state index in [2.05, 4.69) is 15.9 Å². The predicted molar refractivity (Wildman–Crippen MR) is 61.2 cm³/mol. The summed E-state index contributed by atoms with van der Waals surface area (Å²) in [5.74, 6) is -0.0866. The van der Waals surface area contributed by atoms with Gasteiger partial charge in [-0.2, -0.15) is 0 Å². The van der Waals surface area contributed by atoms with Crippen molar-refractivity contribution in [3.05, 3.63) is 33.0 Å². The van der Waals surface area contributed by atoms with Crippen LogP contribution >= 0.6 is 27.5 Å². The maximum atomic E-state index is 13.3. The van der Waals surface area contributed by atoms with Crippen molar-refractivity contribution in [1.82, 2.24) is 0 Å². The fraction of sp³-hybridized carbons (Fsp3) is 0.400. The second kappa shape index (κ2) is 5.10. The zero-order valence-electron chi connectivity index (χ0n) is 7.86. The van der Waals surface area contributed by atoms with Gasteiger partial charge in [-0.1, -0.05) is 18.5 Å². The summed E-state index contributed by atoms with van der Waals surface area (Å²) in [7, 11) is 0. The first-order valence-electron chi connectivity index (χ1n) is 4.40. The van der Waals surface area contributed by atoms with Gasteiger partial charge < -0.3 is 5.73 Å². The predicted octanol–water partition coefficient (Wildman–Crippen LogP) is 3.69. The molecule has 1 aromatic carbocycles. The molecule has 0 fully saturated rings. The Morgan fingerprint density at radius 2 is 2.21 bits per heavy atom. The summed E-state index contributed by atoms with van der Waals surface area (Å²) < 4.78 is 13.6. The Morgan fingerprint density at radius 1 is 1.57 bits per heavy atom. The highest BCUT2D eigenvalue weighted by atomic mass is 79.9. The van der Waals surface area contributed by atoms with E-state index in [1.807, 2.05) is 6.92 Å². The molecule has 2 N–H and O–H groups in total. The number of hydrogen-bond donors (Lipinski definition) is 1. The lowest BCUT2D eigenvalue weighted by molar-refractivity contribution is 0.611. The zero-order chi connectivity index (χ0) is 10.7. The average molecular weight is 281 g/mol. The van der Waals surface area contributed by atoms with Crippen LogP contribution in [0.4, 0.5) is 4.39 Å². The first kappa shape index (κ1) is 12.0. The highest BCUT2D eigenvalue weighted by Crippen LogP contribution is 2.30. The van der Waals surface area contributed by atoms with Gasteiger partial charge in [-0.3, -0.25) is 0 Å². The van der Waals surface area contributed by atoms with Crippen LogP contribution in [0.15, 0.2) is 16.6 Å². The van der Waals surface area contributed by atoms with E-state index in [0.29, 0.717) is 16.0 Å². The molecule has 78 valence electrons. The molecule has 0 aliphatic heterocycles. The zero-order valence-corrected chi connectivity index (χ0v) is 10.2. The summed E-state index contributed by atoms with van der Waals surface area (Å²) >= 11 is 8.91. The van der Waals surface area contributed by atoms with Gasteiger partial charge in [0.2, 0.25) is 0 Å². The largest absolute Gasteiger partial charge is 0.330 e. The summed E-state index contributed by atoms with van der Waals surface area (Å²) in [6, 6.07) is 3.27. The van der Waals surface area contributed by atoms with Crippen LogP contribution in [0.1, 0.15) is 24.8 Å². The van der Waals surface area contributed by atoms with E-state index in [4.69, 9.17) is 17.3 Å². The van der Waals surface area contributed by atoms with Gasteiger partial charge in [-0.25, -0.2) is 4.39 Å². The van der Waals surface area contributed by atoms with Gasteiger partial charge in [0.1, 0.15) is 5.82 Å². The molecule has 0 saturated carbocycles. The first-order chi connectivity index (χ1) is 6.56. The third-order valence-corrected chi connectivity index (χ3v) is 3.51. The molecular formula is C10H12BrClFN. The van der Waals surface area contributed by atoms with Gasteiger partial charge >= 0.3 is 0 Å². The quantitative estimate of drug-likeness (QED) is 0.840. The van der Waals surface area contributed by atoms with Crippen molar-refractivity contribution < 1.29 is 4.39 Å². The highest BCUT2D eigenvalue weighted by molar-refractivity contribution is 9.10. The van der Waals surface area contributed by atoms with Crippen molar-refractivity contribution in [2.75, 3.05) is 6.54 Å². The van der Waals surface area contributed by atoms with E-state index in [9.17, 15) is 4.39 Å². The molecule has 1 atom stereocenters. The van der Waals surface area contributed by atoms with Crippen LogP contribution in [0.2, 0.25) is 5.02 Å². The number of rotatable bonds is 3. The molecule has 1 unspecified atom stereocenters. The third-order valence-electron chi connectivity index (χ3n) is 2.17. The van der Waals surface area contributed by atoms with E-state index in [0.717, 1.165) is 12.0 Å². The van der Waals surface area contributed by atoms with Crippen molar-refractivity contribution >= 4 is 27.5 Å². The molecule has 0 aromatic heterocycles. The molecule has 4 heteroatoms. The summed E-state index contributed by atoms with van der Waals surface area (Å²) in [6.45, 7) is 2.60. The standard InChI is InChI=1S/C10H12BrClFN/c1-6(2-3-14)7-4-8(12)10(11)9(13)5-7/h4-6H,2-3,14H2,1H3. The minimum Gasteiger partial charge on any atom is -0.330 e. The maximum Gasteiger partial charge on any atom is 0.139 e. The molecule has 0 saturated heterocycles. The molecule has 0 aliphatic carbocycles. The lowest BCUT2D eigenvalue weighted by Gasteiger charge is -2.11. The molecule has 0 amide bonds. The molecule has 14 heavy (non-hydrogen) atoms. The number of benzene rings is 1. The topological polar surface area (TPSA) is 26.0 Å². The van der Waals surface area contributed by atoms with E-state index in [1.165, 1.54) is 6.07 Å². The minimum atomic E-state index is -0.323. The summed E-state index contributed by atoms with van der Waals surface area (Å²) in [5, 5.41) is 0.406. The number of halogens is 3.